The van der Waals surface area contributed by atoms with Crippen LogP contribution in [0.15, 0.2) is 47.2 Å². The van der Waals surface area contributed by atoms with Crippen molar-refractivity contribution < 1.29 is 4.74 Å². The molecule has 0 fully saturated rings. The van der Waals surface area contributed by atoms with Crippen molar-refractivity contribution in [3.8, 4) is 5.75 Å². The highest BCUT2D eigenvalue weighted by Gasteiger charge is 2.14. The number of ether oxygens (including phenoxy) is 1. The molecule has 0 aliphatic rings. The van der Waals surface area contributed by atoms with Crippen LogP contribution in [0.5, 0.6) is 5.75 Å². The molecule has 116 valence electrons. The second-order valence-corrected chi connectivity index (χ2v) is 5.96. The van der Waals surface area contributed by atoms with Crippen molar-refractivity contribution >= 4 is 5.69 Å². The number of allylic oxidation sites excluding steroid dienone is 3. The Morgan fingerprint density at radius 1 is 1.05 bits per heavy atom. The van der Waals surface area contributed by atoms with E-state index in [0.29, 0.717) is 11.8 Å². The van der Waals surface area contributed by atoms with Crippen LogP contribution < -0.4 is 10.1 Å². The SMILES string of the molecule is C/C=C(\C(Nc1ccc(OC)cc1)=C(/C)C(C)C)C(C)C. The summed E-state index contributed by atoms with van der Waals surface area (Å²) in [5.74, 6) is 1.88. The zero-order valence-corrected chi connectivity index (χ0v) is 14.4. The number of methoxy groups -OCH3 is 1. The van der Waals surface area contributed by atoms with Gasteiger partial charge in [0.2, 0.25) is 0 Å². The van der Waals surface area contributed by atoms with Gasteiger partial charge in [0.15, 0.2) is 0 Å². The van der Waals surface area contributed by atoms with Gasteiger partial charge < -0.3 is 10.1 Å². The van der Waals surface area contributed by atoms with E-state index in [1.807, 2.05) is 12.1 Å². The number of nitrogens with one attached hydrogen (secondary N) is 1. The van der Waals surface area contributed by atoms with Gasteiger partial charge in [-0.15, -0.1) is 0 Å². The van der Waals surface area contributed by atoms with Gasteiger partial charge in [-0.25, -0.2) is 0 Å². The van der Waals surface area contributed by atoms with Gasteiger partial charge >= 0.3 is 0 Å². The van der Waals surface area contributed by atoms with Crippen LogP contribution in [0.3, 0.4) is 0 Å². The number of rotatable bonds is 6. The Balaban J connectivity index is 3.16. The Hall–Kier alpha value is -1.70. The third kappa shape index (κ3) is 4.66. The van der Waals surface area contributed by atoms with Crippen LogP contribution in [0.4, 0.5) is 5.69 Å². The molecular formula is C19H29NO. The lowest BCUT2D eigenvalue weighted by molar-refractivity contribution is 0.415. The zero-order chi connectivity index (χ0) is 16.0. The number of hydrogen-bond acceptors (Lipinski definition) is 2. The minimum Gasteiger partial charge on any atom is -0.497 e. The fraction of sp³-hybridized carbons (Fsp3) is 0.474. The van der Waals surface area contributed by atoms with Gasteiger partial charge in [-0.1, -0.05) is 33.8 Å². The van der Waals surface area contributed by atoms with Gasteiger partial charge in [-0.05, 0) is 61.1 Å². The normalized spacial score (nSPS) is 13.5. The van der Waals surface area contributed by atoms with Crippen LogP contribution in [-0.4, -0.2) is 7.11 Å². The quantitative estimate of drug-likeness (QED) is 0.684. The second kappa shape index (κ2) is 7.92. The van der Waals surface area contributed by atoms with Gasteiger partial charge in [0.1, 0.15) is 5.75 Å². The van der Waals surface area contributed by atoms with Crippen LogP contribution in [0, 0.1) is 11.8 Å². The number of anilines is 1. The maximum atomic E-state index is 5.22. The number of benzene rings is 1. The average Bonchev–Trinajstić information content (AvgIpc) is 2.46. The van der Waals surface area contributed by atoms with E-state index >= 15 is 0 Å². The monoisotopic (exact) mass is 287 g/mol. The summed E-state index contributed by atoms with van der Waals surface area (Å²) in [5, 5.41) is 3.60. The molecule has 0 amide bonds. The van der Waals surface area contributed by atoms with Crippen molar-refractivity contribution in [1.82, 2.24) is 0 Å². The lowest BCUT2D eigenvalue weighted by Crippen LogP contribution is -2.12. The Bertz CT molecular complexity index is 507. The van der Waals surface area contributed by atoms with Gasteiger partial charge in [-0.2, -0.15) is 0 Å². The first-order valence-corrected chi connectivity index (χ1v) is 7.69. The van der Waals surface area contributed by atoms with Gasteiger partial charge in [0.05, 0.1) is 7.11 Å². The van der Waals surface area contributed by atoms with E-state index in [0.717, 1.165) is 11.4 Å². The number of hydrogen-bond donors (Lipinski definition) is 1. The lowest BCUT2D eigenvalue weighted by Gasteiger charge is -2.22. The molecule has 0 spiro atoms. The standard InChI is InChI=1S/C19H29NO/c1-8-18(14(4)5)19(15(6)13(2)3)20-16-9-11-17(21-7)12-10-16/h8-14,20H,1-7H3/b18-8-,19-15-. The summed E-state index contributed by atoms with van der Waals surface area (Å²) in [7, 11) is 1.69. The average molecular weight is 287 g/mol. The predicted molar refractivity (Wildman–Crippen MR) is 92.7 cm³/mol. The molecule has 0 heterocycles. The van der Waals surface area contributed by atoms with Gasteiger partial charge in [0.25, 0.3) is 0 Å². The van der Waals surface area contributed by atoms with E-state index in [1.54, 1.807) is 7.11 Å². The summed E-state index contributed by atoms with van der Waals surface area (Å²) >= 11 is 0. The van der Waals surface area contributed by atoms with Crippen molar-refractivity contribution in [2.45, 2.75) is 41.5 Å². The molecule has 1 aromatic carbocycles. The fourth-order valence-electron chi connectivity index (χ4n) is 2.27. The van der Waals surface area contributed by atoms with Crippen LogP contribution in [0.2, 0.25) is 0 Å². The largest absolute Gasteiger partial charge is 0.497 e. The van der Waals surface area contributed by atoms with Gasteiger partial charge in [0, 0.05) is 11.4 Å². The molecule has 0 bridgehead atoms. The topological polar surface area (TPSA) is 21.3 Å². The lowest BCUT2D eigenvalue weighted by atomic mass is 9.92. The first kappa shape index (κ1) is 17.4. The van der Waals surface area contributed by atoms with Crippen molar-refractivity contribution in [3.63, 3.8) is 0 Å². The molecule has 0 unspecified atom stereocenters. The molecule has 2 nitrogen and oxygen atoms in total. The van der Waals surface area contributed by atoms with E-state index in [9.17, 15) is 0 Å². The van der Waals surface area contributed by atoms with E-state index < -0.39 is 0 Å². The zero-order valence-electron chi connectivity index (χ0n) is 14.4. The van der Waals surface area contributed by atoms with E-state index in [1.165, 1.54) is 16.8 Å². The highest BCUT2D eigenvalue weighted by Crippen LogP contribution is 2.28. The van der Waals surface area contributed by atoms with Crippen LogP contribution in [-0.2, 0) is 0 Å². The maximum absolute atomic E-state index is 5.22. The highest BCUT2D eigenvalue weighted by molar-refractivity contribution is 5.56. The minimum absolute atomic E-state index is 0.490. The van der Waals surface area contributed by atoms with Crippen molar-refractivity contribution in [2.24, 2.45) is 11.8 Å². The van der Waals surface area contributed by atoms with Crippen molar-refractivity contribution in [3.05, 3.63) is 47.2 Å². The fourth-order valence-corrected chi connectivity index (χ4v) is 2.27. The van der Waals surface area contributed by atoms with Crippen LogP contribution in [0.1, 0.15) is 41.5 Å². The molecule has 0 aliphatic carbocycles. The smallest absolute Gasteiger partial charge is 0.119 e. The molecule has 0 radical (unpaired) electrons. The van der Waals surface area contributed by atoms with Gasteiger partial charge in [-0.3, -0.25) is 0 Å². The summed E-state index contributed by atoms with van der Waals surface area (Å²) in [4.78, 5) is 0. The Morgan fingerprint density at radius 2 is 1.62 bits per heavy atom. The van der Waals surface area contributed by atoms with E-state index in [-0.39, 0.29) is 0 Å². The molecule has 0 aromatic heterocycles. The first-order valence-electron chi connectivity index (χ1n) is 7.69. The molecule has 0 saturated heterocycles. The minimum atomic E-state index is 0.490. The highest BCUT2D eigenvalue weighted by atomic mass is 16.5. The first-order chi connectivity index (χ1) is 9.90. The van der Waals surface area contributed by atoms with Crippen LogP contribution in [0.25, 0.3) is 0 Å². The van der Waals surface area contributed by atoms with Crippen molar-refractivity contribution in [1.29, 1.82) is 0 Å². The third-order valence-corrected chi connectivity index (χ3v) is 3.84. The molecular weight excluding hydrogens is 258 g/mol. The summed E-state index contributed by atoms with van der Waals surface area (Å²) in [6.45, 7) is 13.3. The Kier molecular flexibility index (Phi) is 6.54. The predicted octanol–water partition coefficient (Wildman–Crippen LogP) is 5.64. The molecule has 0 atom stereocenters. The summed E-state index contributed by atoms with van der Waals surface area (Å²) < 4.78 is 5.22. The molecule has 21 heavy (non-hydrogen) atoms. The summed E-state index contributed by atoms with van der Waals surface area (Å²) in [5.41, 5.74) is 5.07. The van der Waals surface area contributed by atoms with E-state index in [2.05, 4.69) is 65.1 Å². The molecule has 0 aliphatic heterocycles. The van der Waals surface area contributed by atoms with E-state index in [4.69, 9.17) is 4.74 Å². The second-order valence-electron chi connectivity index (χ2n) is 5.96. The summed E-state index contributed by atoms with van der Waals surface area (Å²) in [6.07, 6.45) is 2.21. The molecule has 1 N–H and O–H groups in total. The molecule has 1 aromatic rings. The molecule has 1 rings (SSSR count). The maximum Gasteiger partial charge on any atom is 0.119 e. The molecule has 2 heteroatoms. The Morgan fingerprint density at radius 3 is 2.00 bits per heavy atom. The molecule has 0 saturated carbocycles. The Labute approximate surface area is 129 Å². The summed E-state index contributed by atoms with van der Waals surface area (Å²) in [6, 6.07) is 8.07. The van der Waals surface area contributed by atoms with Crippen LogP contribution >= 0.6 is 0 Å². The van der Waals surface area contributed by atoms with Crippen molar-refractivity contribution in [2.75, 3.05) is 12.4 Å². The third-order valence-electron chi connectivity index (χ3n) is 3.84.